The lowest BCUT2D eigenvalue weighted by atomic mass is 10.0. The Kier molecular flexibility index (Phi) is 6.66. The molecule has 2 rings (SSSR count). The molecular weight excluding hydrogens is 300 g/mol. The van der Waals surface area contributed by atoms with Gasteiger partial charge >= 0.3 is 0 Å². The molecule has 6 nitrogen and oxygen atoms in total. The van der Waals surface area contributed by atoms with Crippen LogP contribution in [0.2, 0.25) is 0 Å². The summed E-state index contributed by atoms with van der Waals surface area (Å²) in [6.07, 6.45) is 1.80. The van der Waals surface area contributed by atoms with E-state index in [1.165, 1.54) is 0 Å². The first kappa shape index (κ1) is 17.8. The standard InChI is InChI=1S/C18H28N6/c1-14(2)17(23-15-8-6-5-7-9-15)13-21-18(19-3)20-12-16-10-11-22-24(16)4/h5-11,14,17,23H,12-13H2,1-4H3,(H2,19,20,21). The second-order valence-corrected chi connectivity index (χ2v) is 6.11. The molecule has 1 heterocycles. The summed E-state index contributed by atoms with van der Waals surface area (Å²) in [7, 11) is 3.72. The molecule has 0 saturated heterocycles. The normalized spacial score (nSPS) is 13.0. The molecule has 1 atom stereocenters. The van der Waals surface area contributed by atoms with Gasteiger partial charge in [-0.15, -0.1) is 0 Å². The molecule has 3 N–H and O–H groups in total. The van der Waals surface area contributed by atoms with E-state index in [4.69, 9.17) is 0 Å². The SMILES string of the molecule is CN=C(NCc1ccnn1C)NCC(Nc1ccccc1)C(C)C. The van der Waals surface area contributed by atoms with E-state index in [9.17, 15) is 0 Å². The molecule has 0 radical (unpaired) electrons. The Hall–Kier alpha value is -2.50. The monoisotopic (exact) mass is 328 g/mol. The third-order valence-corrected chi connectivity index (χ3v) is 4.00. The topological polar surface area (TPSA) is 66.3 Å². The van der Waals surface area contributed by atoms with E-state index in [0.717, 1.165) is 23.9 Å². The third kappa shape index (κ3) is 5.30. The fourth-order valence-corrected chi connectivity index (χ4v) is 2.38. The number of aliphatic imine (C=N–C) groups is 1. The molecule has 6 heteroatoms. The van der Waals surface area contributed by atoms with Gasteiger partial charge in [0.1, 0.15) is 0 Å². The summed E-state index contributed by atoms with van der Waals surface area (Å²) in [6, 6.07) is 12.6. The van der Waals surface area contributed by atoms with E-state index in [-0.39, 0.29) is 0 Å². The number of hydrogen-bond donors (Lipinski definition) is 3. The second-order valence-electron chi connectivity index (χ2n) is 6.11. The number of rotatable bonds is 7. The Morgan fingerprint density at radius 1 is 1.17 bits per heavy atom. The van der Waals surface area contributed by atoms with Crippen molar-refractivity contribution in [3.05, 3.63) is 48.3 Å². The highest BCUT2D eigenvalue weighted by atomic mass is 15.3. The van der Waals surface area contributed by atoms with Gasteiger partial charge in [-0.3, -0.25) is 9.67 Å². The predicted molar refractivity (Wildman–Crippen MR) is 100 cm³/mol. The van der Waals surface area contributed by atoms with Crippen molar-refractivity contribution < 1.29 is 0 Å². The molecule has 0 spiro atoms. The number of anilines is 1. The zero-order chi connectivity index (χ0) is 17.4. The lowest BCUT2D eigenvalue weighted by molar-refractivity contribution is 0.512. The molecule has 0 saturated carbocycles. The molecular formula is C18H28N6. The van der Waals surface area contributed by atoms with Gasteiger partial charge in [-0.25, -0.2) is 0 Å². The highest BCUT2D eigenvalue weighted by Gasteiger charge is 2.13. The maximum absolute atomic E-state index is 4.29. The number of aryl methyl sites for hydroxylation is 1. The summed E-state index contributed by atoms with van der Waals surface area (Å²) >= 11 is 0. The Labute approximate surface area is 144 Å². The predicted octanol–water partition coefficient (Wildman–Crippen LogP) is 2.22. The fourth-order valence-electron chi connectivity index (χ4n) is 2.38. The van der Waals surface area contributed by atoms with Crippen LogP contribution in [0.5, 0.6) is 0 Å². The number of guanidine groups is 1. The Morgan fingerprint density at radius 3 is 2.50 bits per heavy atom. The molecule has 0 amide bonds. The van der Waals surface area contributed by atoms with E-state index in [0.29, 0.717) is 18.5 Å². The van der Waals surface area contributed by atoms with Crippen LogP contribution >= 0.6 is 0 Å². The maximum Gasteiger partial charge on any atom is 0.191 e. The Morgan fingerprint density at radius 2 is 1.92 bits per heavy atom. The van der Waals surface area contributed by atoms with Crippen LogP contribution in [0, 0.1) is 5.92 Å². The number of aromatic nitrogens is 2. The van der Waals surface area contributed by atoms with Gasteiger partial charge in [0.15, 0.2) is 5.96 Å². The highest BCUT2D eigenvalue weighted by molar-refractivity contribution is 5.79. The first-order chi connectivity index (χ1) is 11.6. The average molecular weight is 328 g/mol. The average Bonchev–Trinajstić information content (AvgIpc) is 2.99. The molecule has 0 fully saturated rings. The number of nitrogens with one attached hydrogen (secondary N) is 3. The van der Waals surface area contributed by atoms with Crippen molar-refractivity contribution in [2.24, 2.45) is 18.0 Å². The van der Waals surface area contributed by atoms with Crippen molar-refractivity contribution in [1.82, 2.24) is 20.4 Å². The molecule has 0 aliphatic rings. The molecule has 0 bridgehead atoms. The summed E-state index contributed by atoms with van der Waals surface area (Å²) in [6.45, 7) is 5.91. The molecule has 24 heavy (non-hydrogen) atoms. The van der Waals surface area contributed by atoms with Crippen LogP contribution in [-0.4, -0.2) is 35.4 Å². The Balaban J connectivity index is 1.86. The van der Waals surface area contributed by atoms with Crippen molar-refractivity contribution in [1.29, 1.82) is 0 Å². The smallest absolute Gasteiger partial charge is 0.191 e. The van der Waals surface area contributed by atoms with Crippen LogP contribution < -0.4 is 16.0 Å². The van der Waals surface area contributed by atoms with Gasteiger partial charge in [-0.2, -0.15) is 5.10 Å². The van der Waals surface area contributed by atoms with Crippen LogP contribution in [0.15, 0.2) is 47.6 Å². The van der Waals surface area contributed by atoms with Crippen LogP contribution in [0.1, 0.15) is 19.5 Å². The van der Waals surface area contributed by atoms with Gasteiger partial charge in [0.05, 0.1) is 12.2 Å². The van der Waals surface area contributed by atoms with Gasteiger partial charge in [0, 0.05) is 38.6 Å². The third-order valence-electron chi connectivity index (χ3n) is 4.00. The lowest BCUT2D eigenvalue weighted by Crippen LogP contribution is -2.44. The molecule has 1 aromatic carbocycles. The van der Waals surface area contributed by atoms with Crippen LogP contribution in [0.25, 0.3) is 0 Å². The largest absolute Gasteiger partial charge is 0.380 e. The molecule has 1 aromatic heterocycles. The number of nitrogens with zero attached hydrogens (tertiary/aromatic N) is 3. The van der Waals surface area contributed by atoms with Crippen molar-refractivity contribution >= 4 is 11.6 Å². The Bertz CT molecular complexity index is 632. The molecule has 0 aliphatic carbocycles. The van der Waals surface area contributed by atoms with Crippen molar-refractivity contribution in [2.75, 3.05) is 18.9 Å². The van der Waals surface area contributed by atoms with Gasteiger partial charge in [0.2, 0.25) is 0 Å². The second kappa shape index (κ2) is 8.96. The quantitative estimate of drug-likeness (QED) is 0.539. The summed E-state index contributed by atoms with van der Waals surface area (Å²) in [5.41, 5.74) is 2.25. The van der Waals surface area contributed by atoms with Crippen molar-refractivity contribution in [3.63, 3.8) is 0 Å². The zero-order valence-corrected chi connectivity index (χ0v) is 15.0. The minimum atomic E-state index is 0.308. The lowest BCUT2D eigenvalue weighted by Gasteiger charge is -2.25. The van der Waals surface area contributed by atoms with Crippen LogP contribution in [0.3, 0.4) is 0 Å². The van der Waals surface area contributed by atoms with E-state index in [1.807, 2.05) is 36.0 Å². The van der Waals surface area contributed by atoms with E-state index in [2.05, 4.69) is 52.0 Å². The summed E-state index contributed by atoms with van der Waals surface area (Å²) in [4.78, 5) is 4.29. The fraction of sp³-hybridized carbons (Fsp3) is 0.444. The van der Waals surface area contributed by atoms with Gasteiger partial charge < -0.3 is 16.0 Å². The first-order valence-corrected chi connectivity index (χ1v) is 8.33. The molecule has 130 valence electrons. The van der Waals surface area contributed by atoms with Gasteiger partial charge in [-0.1, -0.05) is 32.0 Å². The van der Waals surface area contributed by atoms with Gasteiger partial charge in [0.25, 0.3) is 0 Å². The summed E-state index contributed by atoms with van der Waals surface area (Å²) < 4.78 is 1.86. The minimum Gasteiger partial charge on any atom is -0.380 e. The van der Waals surface area contributed by atoms with E-state index >= 15 is 0 Å². The van der Waals surface area contributed by atoms with E-state index < -0.39 is 0 Å². The number of hydrogen-bond acceptors (Lipinski definition) is 3. The number of para-hydroxylation sites is 1. The molecule has 1 unspecified atom stereocenters. The zero-order valence-electron chi connectivity index (χ0n) is 15.0. The summed E-state index contributed by atoms with van der Waals surface area (Å²) in [5, 5.41) is 14.5. The van der Waals surface area contributed by atoms with Gasteiger partial charge in [-0.05, 0) is 24.1 Å². The first-order valence-electron chi connectivity index (χ1n) is 8.33. The summed E-state index contributed by atoms with van der Waals surface area (Å²) in [5.74, 6) is 1.28. The highest BCUT2D eigenvalue weighted by Crippen LogP contribution is 2.11. The van der Waals surface area contributed by atoms with Crippen molar-refractivity contribution in [2.45, 2.75) is 26.4 Å². The van der Waals surface area contributed by atoms with Crippen molar-refractivity contribution in [3.8, 4) is 0 Å². The van der Waals surface area contributed by atoms with Crippen LogP contribution in [-0.2, 0) is 13.6 Å². The molecule has 2 aromatic rings. The van der Waals surface area contributed by atoms with Crippen LogP contribution in [0.4, 0.5) is 5.69 Å². The molecule has 0 aliphatic heterocycles. The maximum atomic E-state index is 4.29. The number of benzene rings is 1. The van der Waals surface area contributed by atoms with E-state index in [1.54, 1.807) is 13.2 Å². The minimum absolute atomic E-state index is 0.308.